The van der Waals surface area contributed by atoms with Gasteiger partial charge in [-0.15, -0.1) is 0 Å². The van der Waals surface area contributed by atoms with Gasteiger partial charge in [0.1, 0.15) is 6.04 Å². The van der Waals surface area contributed by atoms with Crippen LogP contribution in [0.25, 0.3) is 0 Å². The molecule has 112 valence electrons. The highest BCUT2D eigenvalue weighted by atomic mass is 16.4. The first-order valence-electron chi connectivity index (χ1n) is 6.89. The van der Waals surface area contributed by atoms with Gasteiger partial charge in [0, 0.05) is 13.0 Å². The second-order valence-corrected chi connectivity index (χ2v) is 5.48. The third-order valence-electron chi connectivity index (χ3n) is 3.37. The van der Waals surface area contributed by atoms with E-state index in [9.17, 15) is 14.7 Å². The lowest BCUT2D eigenvalue weighted by atomic mass is 9.92. The summed E-state index contributed by atoms with van der Waals surface area (Å²) in [5, 5.41) is 15.2. The monoisotopic (exact) mass is 280 g/mol. The Morgan fingerprint density at radius 3 is 2.45 bits per heavy atom. The molecule has 1 rings (SSSR count). The summed E-state index contributed by atoms with van der Waals surface area (Å²) < 4.78 is 0. The Morgan fingerprint density at radius 1 is 1.35 bits per heavy atom. The maximum Gasteiger partial charge on any atom is 0.320 e. The second kappa shape index (κ2) is 7.24. The van der Waals surface area contributed by atoms with E-state index < -0.39 is 12.0 Å². The number of amides is 1. The van der Waals surface area contributed by atoms with Gasteiger partial charge in [0.25, 0.3) is 0 Å². The Bertz CT molecular complexity index is 425. The lowest BCUT2D eigenvalue weighted by molar-refractivity contribution is -0.139. The Kier molecular flexibility index (Phi) is 5.95. The average molecular weight is 280 g/mol. The van der Waals surface area contributed by atoms with E-state index in [1.54, 1.807) is 0 Å². The molecule has 0 aromatic rings. The molecule has 0 aromatic carbocycles. The van der Waals surface area contributed by atoms with Crippen LogP contribution in [0, 0.1) is 5.92 Å². The Morgan fingerprint density at radius 2 is 2.00 bits per heavy atom. The third kappa shape index (κ3) is 4.49. The predicted molar refractivity (Wildman–Crippen MR) is 78.3 cm³/mol. The van der Waals surface area contributed by atoms with Crippen molar-refractivity contribution in [3.05, 3.63) is 23.8 Å². The molecule has 0 saturated carbocycles. The number of nitrogens with one attached hydrogen (secondary N) is 2. The summed E-state index contributed by atoms with van der Waals surface area (Å²) in [6.45, 7) is 7.31. The van der Waals surface area contributed by atoms with Crippen LogP contribution in [0.1, 0.15) is 34.1 Å². The van der Waals surface area contributed by atoms with Crippen LogP contribution in [0.15, 0.2) is 23.8 Å². The Labute approximate surface area is 120 Å². The van der Waals surface area contributed by atoms with Crippen LogP contribution in [0.3, 0.4) is 0 Å². The molecular weight excluding hydrogens is 256 g/mol. The van der Waals surface area contributed by atoms with E-state index in [4.69, 9.17) is 0 Å². The van der Waals surface area contributed by atoms with Crippen molar-refractivity contribution >= 4 is 11.9 Å². The molecule has 0 aromatic heterocycles. The molecule has 1 heterocycles. The highest BCUT2D eigenvalue weighted by Gasteiger charge is 2.39. The number of aliphatic carboxylic acids is 1. The minimum absolute atomic E-state index is 0.0912. The van der Waals surface area contributed by atoms with Gasteiger partial charge < -0.3 is 10.4 Å². The quantitative estimate of drug-likeness (QED) is 0.666. The largest absolute Gasteiger partial charge is 0.480 e. The minimum atomic E-state index is -0.847. The van der Waals surface area contributed by atoms with Crippen molar-refractivity contribution in [1.82, 2.24) is 10.6 Å². The van der Waals surface area contributed by atoms with Gasteiger partial charge in [-0.1, -0.05) is 23.8 Å². The highest BCUT2D eigenvalue weighted by Crippen LogP contribution is 2.25. The fourth-order valence-corrected chi connectivity index (χ4v) is 2.66. The molecule has 1 aliphatic rings. The predicted octanol–water partition coefficient (Wildman–Crippen LogP) is 1.46. The van der Waals surface area contributed by atoms with Crippen LogP contribution in [0.4, 0.5) is 0 Å². The van der Waals surface area contributed by atoms with Crippen LogP contribution < -0.4 is 10.6 Å². The van der Waals surface area contributed by atoms with Crippen LogP contribution >= 0.6 is 0 Å². The first-order valence-corrected chi connectivity index (χ1v) is 6.89. The van der Waals surface area contributed by atoms with Gasteiger partial charge in [-0.05, 0) is 33.1 Å². The van der Waals surface area contributed by atoms with Crippen LogP contribution in [0.2, 0.25) is 0 Å². The Balaban J connectivity index is 2.98. The fourth-order valence-electron chi connectivity index (χ4n) is 2.66. The van der Waals surface area contributed by atoms with Crippen molar-refractivity contribution in [2.75, 3.05) is 0 Å². The van der Waals surface area contributed by atoms with Gasteiger partial charge in [-0.2, -0.15) is 0 Å². The van der Waals surface area contributed by atoms with Crippen molar-refractivity contribution in [3.8, 4) is 0 Å². The summed E-state index contributed by atoms with van der Waals surface area (Å²) in [7, 11) is 0. The molecule has 1 saturated heterocycles. The standard InChI is InChI=1S/C15H24N2O3/c1-5-6-11-8-13(15(19)20)17-14(11)12(7-9(2)3)16-10(4)18/h5-7,11-14,17H,8H2,1-4H3,(H,16,18)(H,19,20)/b6-5-/t11-,12+,13-,14-/m1/s1. The molecule has 3 N–H and O–H groups in total. The van der Waals surface area contributed by atoms with Gasteiger partial charge in [0.05, 0.1) is 6.04 Å². The number of carboxylic acids is 1. The number of allylic oxidation sites excluding steroid dienone is 2. The van der Waals surface area contributed by atoms with Gasteiger partial charge in [-0.3, -0.25) is 14.9 Å². The fraction of sp³-hybridized carbons (Fsp3) is 0.600. The lowest BCUT2D eigenvalue weighted by Crippen LogP contribution is -2.50. The molecule has 0 bridgehead atoms. The molecule has 1 fully saturated rings. The number of carboxylic acid groups (broad SMARTS) is 1. The molecular formula is C15H24N2O3. The Hall–Kier alpha value is -1.62. The van der Waals surface area contributed by atoms with Gasteiger partial charge in [0.15, 0.2) is 0 Å². The number of rotatable bonds is 5. The summed E-state index contributed by atoms with van der Waals surface area (Å²) in [6, 6.07) is -0.878. The van der Waals surface area contributed by atoms with E-state index in [2.05, 4.69) is 10.6 Å². The highest BCUT2D eigenvalue weighted by molar-refractivity contribution is 5.75. The average Bonchev–Trinajstić information content (AvgIpc) is 2.71. The van der Waals surface area contributed by atoms with Crippen LogP contribution in [0.5, 0.6) is 0 Å². The molecule has 1 aliphatic heterocycles. The summed E-state index contributed by atoms with van der Waals surface area (Å²) in [4.78, 5) is 22.5. The number of hydrogen-bond donors (Lipinski definition) is 3. The lowest BCUT2D eigenvalue weighted by Gasteiger charge is -2.26. The summed E-state index contributed by atoms with van der Waals surface area (Å²) in [6.07, 6.45) is 6.45. The number of carbonyl (C=O) groups is 2. The van der Waals surface area contributed by atoms with Gasteiger partial charge >= 0.3 is 5.97 Å². The van der Waals surface area contributed by atoms with Crippen molar-refractivity contribution in [2.45, 2.75) is 52.2 Å². The molecule has 0 radical (unpaired) electrons. The number of carbonyl (C=O) groups excluding carboxylic acids is 1. The first kappa shape index (κ1) is 16.4. The second-order valence-electron chi connectivity index (χ2n) is 5.48. The molecule has 5 heteroatoms. The zero-order valence-electron chi connectivity index (χ0n) is 12.5. The van der Waals surface area contributed by atoms with E-state index in [1.807, 2.05) is 39.0 Å². The van der Waals surface area contributed by atoms with E-state index in [0.29, 0.717) is 6.42 Å². The van der Waals surface area contributed by atoms with E-state index in [0.717, 1.165) is 5.57 Å². The maximum atomic E-state index is 11.4. The topological polar surface area (TPSA) is 78.4 Å². The molecule has 0 aliphatic carbocycles. The molecule has 0 unspecified atom stereocenters. The molecule has 20 heavy (non-hydrogen) atoms. The normalized spacial score (nSPS) is 27.3. The zero-order valence-corrected chi connectivity index (χ0v) is 12.5. The van der Waals surface area contributed by atoms with Crippen molar-refractivity contribution in [3.63, 3.8) is 0 Å². The van der Waals surface area contributed by atoms with Crippen molar-refractivity contribution in [2.24, 2.45) is 5.92 Å². The van der Waals surface area contributed by atoms with E-state index >= 15 is 0 Å². The smallest absolute Gasteiger partial charge is 0.320 e. The van der Waals surface area contributed by atoms with Gasteiger partial charge in [0.2, 0.25) is 5.91 Å². The zero-order chi connectivity index (χ0) is 15.3. The molecule has 0 spiro atoms. The van der Waals surface area contributed by atoms with E-state index in [-0.39, 0.29) is 23.9 Å². The van der Waals surface area contributed by atoms with Crippen molar-refractivity contribution < 1.29 is 14.7 Å². The first-order chi connectivity index (χ1) is 9.35. The summed E-state index contributed by atoms with van der Waals surface area (Å²) >= 11 is 0. The van der Waals surface area contributed by atoms with Gasteiger partial charge in [-0.25, -0.2) is 0 Å². The molecule has 4 atom stereocenters. The molecule has 1 amide bonds. The SMILES string of the molecule is C/C=C\[C@@H]1C[C@H](C(=O)O)N[C@H]1[C@H](C=C(C)C)NC(C)=O. The summed E-state index contributed by atoms with van der Waals surface area (Å²) in [5.41, 5.74) is 1.09. The number of hydrogen-bond acceptors (Lipinski definition) is 3. The third-order valence-corrected chi connectivity index (χ3v) is 3.37. The van der Waals surface area contributed by atoms with E-state index in [1.165, 1.54) is 6.92 Å². The van der Waals surface area contributed by atoms with Crippen LogP contribution in [-0.4, -0.2) is 35.1 Å². The van der Waals surface area contributed by atoms with Crippen LogP contribution in [-0.2, 0) is 9.59 Å². The minimum Gasteiger partial charge on any atom is -0.480 e. The summed E-state index contributed by atoms with van der Waals surface area (Å²) in [5.74, 6) is -0.873. The molecule has 5 nitrogen and oxygen atoms in total. The van der Waals surface area contributed by atoms with Crippen molar-refractivity contribution in [1.29, 1.82) is 0 Å². The maximum absolute atomic E-state index is 11.4.